The summed E-state index contributed by atoms with van der Waals surface area (Å²) in [6.45, 7) is 1.78. The highest BCUT2D eigenvalue weighted by Gasteiger charge is 2.54. The van der Waals surface area contributed by atoms with E-state index in [0.717, 1.165) is 6.92 Å². The maximum Gasteiger partial charge on any atom is 0.366 e. The fraction of sp³-hybridized carbons (Fsp3) is 0.846. The minimum atomic E-state index is -2.55. The summed E-state index contributed by atoms with van der Waals surface area (Å²) in [7, 11) is 0. The Morgan fingerprint density at radius 3 is 2.52 bits per heavy atom. The molecule has 6 N–H and O–H groups in total. The van der Waals surface area contributed by atoms with E-state index in [1.807, 2.05) is 0 Å². The van der Waals surface area contributed by atoms with Gasteiger partial charge >= 0.3 is 5.97 Å². The number of hydrogen-bond donors (Lipinski definition) is 6. The van der Waals surface area contributed by atoms with E-state index in [-0.39, 0.29) is 6.61 Å². The molecule has 0 aromatic carbocycles. The summed E-state index contributed by atoms with van der Waals surface area (Å²) >= 11 is 0. The Bertz CT molecular complexity index is 432. The number of aliphatic hydroxyl groups is 5. The number of aliphatic hydroxyl groups excluding tert-OH is 4. The summed E-state index contributed by atoms with van der Waals surface area (Å²) in [5.41, 5.74) is 0. The molecule has 6 atom stereocenters. The first-order valence-corrected chi connectivity index (χ1v) is 7.15. The highest BCUT2D eigenvalue weighted by molar-refractivity contribution is 5.78. The lowest BCUT2D eigenvalue weighted by Crippen LogP contribution is -2.67. The van der Waals surface area contributed by atoms with Crippen LogP contribution in [0, 0.1) is 0 Å². The molecular weight excluding hydrogens is 314 g/mol. The maximum absolute atomic E-state index is 11.8. The van der Waals surface area contributed by atoms with Crippen molar-refractivity contribution in [3.8, 4) is 0 Å². The van der Waals surface area contributed by atoms with Crippen LogP contribution in [0.1, 0.15) is 20.3 Å². The molecule has 0 aromatic rings. The van der Waals surface area contributed by atoms with E-state index in [1.54, 1.807) is 0 Å². The van der Waals surface area contributed by atoms with Gasteiger partial charge in [0.2, 0.25) is 5.91 Å². The number of ether oxygens (including phenoxy) is 2. The fourth-order valence-electron chi connectivity index (χ4n) is 2.37. The monoisotopic (exact) mass is 337 g/mol. The Kier molecular flexibility index (Phi) is 6.86. The standard InChI is InChI=1S/C13H23NO9/c1-3-22-12(20)13(21)4-7(17)9(14-6(2)16)11(23-13)10(19)8(18)5-15/h7-11,15,17-19,21H,3-5H2,1-2H3,(H,14,16)/t7-,8+,9+,10?,11+,13+/m0/s1. The highest BCUT2D eigenvalue weighted by atomic mass is 16.7. The molecule has 1 heterocycles. The topological polar surface area (TPSA) is 166 Å². The third-order valence-corrected chi connectivity index (χ3v) is 3.47. The van der Waals surface area contributed by atoms with Crippen LogP contribution in [0.4, 0.5) is 0 Å². The Labute approximate surface area is 132 Å². The lowest BCUT2D eigenvalue weighted by atomic mass is 9.88. The fourth-order valence-corrected chi connectivity index (χ4v) is 2.37. The normalized spacial score (nSPS) is 33.6. The summed E-state index contributed by atoms with van der Waals surface area (Å²) < 4.78 is 9.80. The van der Waals surface area contributed by atoms with Gasteiger partial charge in [0.05, 0.1) is 25.4 Å². The predicted octanol–water partition coefficient (Wildman–Crippen LogP) is -3.39. The van der Waals surface area contributed by atoms with Gasteiger partial charge in [-0.05, 0) is 6.92 Å². The zero-order chi connectivity index (χ0) is 17.8. The van der Waals surface area contributed by atoms with E-state index < -0.39 is 61.1 Å². The molecule has 0 radical (unpaired) electrons. The van der Waals surface area contributed by atoms with Crippen LogP contribution in [0.2, 0.25) is 0 Å². The number of hydrogen-bond acceptors (Lipinski definition) is 9. The quantitative estimate of drug-likeness (QED) is 0.271. The smallest absolute Gasteiger partial charge is 0.366 e. The van der Waals surface area contributed by atoms with Crippen molar-refractivity contribution in [1.29, 1.82) is 0 Å². The van der Waals surface area contributed by atoms with Gasteiger partial charge in [0.25, 0.3) is 5.79 Å². The first-order chi connectivity index (χ1) is 10.7. The van der Waals surface area contributed by atoms with Crippen LogP contribution in [0.15, 0.2) is 0 Å². The molecule has 134 valence electrons. The summed E-state index contributed by atoms with van der Waals surface area (Å²) in [4.78, 5) is 23.1. The second kappa shape index (κ2) is 7.99. The van der Waals surface area contributed by atoms with Crippen molar-refractivity contribution < 1.29 is 44.6 Å². The minimum absolute atomic E-state index is 0.0534. The number of carbonyl (C=O) groups excluding carboxylic acids is 2. The molecule has 23 heavy (non-hydrogen) atoms. The Balaban J connectivity index is 3.08. The van der Waals surface area contributed by atoms with E-state index in [2.05, 4.69) is 10.1 Å². The van der Waals surface area contributed by atoms with Gasteiger partial charge in [0.1, 0.15) is 18.3 Å². The lowest BCUT2D eigenvalue weighted by Gasteiger charge is -2.45. The molecule has 0 bridgehead atoms. The second-order valence-electron chi connectivity index (χ2n) is 5.33. The highest BCUT2D eigenvalue weighted by Crippen LogP contribution is 2.31. The first kappa shape index (κ1) is 19.7. The lowest BCUT2D eigenvalue weighted by molar-refractivity contribution is -0.297. The van der Waals surface area contributed by atoms with Crippen LogP contribution in [-0.2, 0) is 19.1 Å². The summed E-state index contributed by atoms with van der Waals surface area (Å²) in [6, 6.07) is -1.21. The third kappa shape index (κ3) is 4.59. The molecule has 1 aliphatic rings. The molecule has 1 fully saturated rings. The number of amides is 1. The van der Waals surface area contributed by atoms with Crippen LogP contribution in [0.25, 0.3) is 0 Å². The largest absolute Gasteiger partial charge is 0.462 e. The molecule has 1 rings (SSSR count). The van der Waals surface area contributed by atoms with Gasteiger partial charge in [0.15, 0.2) is 0 Å². The molecule has 0 saturated carbocycles. The molecular formula is C13H23NO9. The van der Waals surface area contributed by atoms with Crippen LogP contribution in [-0.4, -0.2) is 86.9 Å². The average Bonchev–Trinajstić information content (AvgIpc) is 2.48. The number of nitrogens with one attached hydrogen (secondary N) is 1. The zero-order valence-corrected chi connectivity index (χ0v) is 12.9. The SMILES string of the molecule is CCOC(=O)[C@@]1(O)C[C@H](O)[C@@H](NC(C)=O)[C@H](C(O)[C@H](O)CO)O1. The van der Waals surface area contributed by atoms with Crippen LogP contribution in [0.3, 0.4) is 0 Å². The van der Waals surface area contributed by atoms with Crippen molar-refractivity contribution in [3.05, 3.63) is 0 Å². The first-order valence-electron chi connectivity index (χ1n) is 7.15. The minimum Gasteiger partial charge on any atom is -0.462 e. The average molecular weight is 337 g/mol. The predicted molar refractivity (Wildman–Crippen MR) is 73.8 cm³/mol. The van der Waals surface area contributed by atoms with Crippen molar-refractivity contribution in [2.75, 3.05) is 13.2 Å². The van der Waals surface area contributed by atoms with Gasteiger partial charge in [-0.15, -0.1) is 0 Å². The van der Waals surface area contributed by atoms with E-state index >= 15 is 0 Å². The molecule has 0 aromatic heterocycles. The molecule has 1 saturated heterocycles. The van der Waals surface area contributed by atoms with Gasteiger partial charge < -0.3 is 40.3 Å². The van der Waals surface area contributed by atoms with Crippen molar-refractivity contribution >= 4 is 11.9 Å². The third-order valence-electron chi connectivity index (χ3n) is 3.47. The second-order valence-corrected chi connectivity index (χ2v) is 5.33. The Morgan fingerprint density at radius 2 is 2.04 bits per heavy atom. The van der Waals surface area contributed by atoms with Crippen molar-refractivity contribution in [2.24, 2.45) is 0 Å². The molecule has 10 heteroatoms. The van der Waals surface area contributed by atoms with Crippen LogP contribution in [0.5, 0.6) is 0 Å². The molecule has 0 spiro atoms. The molecule has 0 aliphatic carbocycles. The van der Waals surface area contributed by atoms with E-state index in [1.165, 1.54) is 6.92 Å². The van der Waals surface area contributed by atoms with Crippen molar-refractivity contribution in [3.63, 3.8) is 0 Å². The number of rotatable bonds is 6. The Hall–Kier alpha value is -1.30. The van der Waals surface area contributed by atoms with E-state index in [0.29, 0.717) is 0 Å². The van der Waals surface area contributed by atoms with Crippen molar-refractivity contribution in [2.45, 2.75) is 56.5 Å². The van der Waals surface area contributed by atoms with Gasteiger partial charge in [-0.1, -0.05) is 0 Å². The zero-order valence-electron chi connectivity index (χ0n) is 12.9. The van der Waals surface area contributed by atoms with Crippen LogP contribution >= 0.6 is 0 Å². The molecule has 1 aliphatic heterocycles. The van der Waals surface area contributed by atoms with Crippen LogP contribution < -0.4 is 5.32 Å². The molecule has 1 unspecified atom stereocenters. The number of carbonyl (C=O) groups is 2. The number of esters is 1. The van der Waals surface area contributed by atoms with Gasteiger partial charge in [0, 0.05) is 13.3 Å². The van der Waals surface area contributed by atoms with Gasteiger partial charge in [-0.2, -0.15) is 0 Å². The summed E-state index contributed by atoms with van der Waals surface area (Å²) in [5, 5.41) is 51.2. The molecule has 1 amide bonds. The maximum atomic E-state index is 11.8. The van der Waals surface area contributed by atoms with Crippen molar-refractivity contribution in [1.82, 2.24) is 5.32 Å². The van der Waals surface area contributed by atoms with E-state index in [4.69, 9.17) is 9.84 Å². The molecule has 10 nitrogen and oxygen atoms in total. The van der Waals surface area contributed by atoms with E-state index in [9.17, 15) is 30.0 Å². The summed E-state index contributed by atoms with van der Waals surface area (Å²) in [5.74, 6) is -4.28. The van der Waals surface area contributed by atoms with Gasteiger partial charge in [-0.25, -0.2) is 4.79 Å². The summed E-state index contributed by atoms with van der Waals surface area (Å²) in [6.07, 6.45) is -7.08. The Morgan fingerprint density at radius 1 is 1.43 bits per heavy atom. The van der Waals surface area contributed by atoms with Gasteiger partial charge in [-0.3, -0.25) is 4.79 Å².